The minimum absolute atomic E-state index is 0.315. The lowest BCUT2D eigenvalue weighted by atomic mass is 9.94. The second kappa shape index (κ2) is 5.53. The third kappa shape index (κ3) is 2.54. The van der Waals surface area contributed by atoms with Crippen molar-refractivity contribution in [2.24, 2.45) is 0 Å². The smallest absolute Gasteiger partial charge is 0.0953 e. The van der Waals surface area contributed by atoms with Crippen LogP contribution in [0, 0.1) is 0 Å². The van der Waals surface area contributed by atoms with Gasteiger partial charge in [0.1, 0.15) is 0 Å². The highest BCUT2D eigenvalue weighted by atomic mass is 15.1. The van der Waals surface area contributed by atoms with Gasteiger partial charge < -0.3 is 9.88 Å². The first kappa shape index (κ1) is 12.4. The van der Waals surface area contributed by atoms with Gasteiger partial charge in [-0.2, -0.15) is 0 Å². The zero-order valence-corrected chi connectivity index (χ0v) is 11.3. The number of aromatic nitrogens is 3. The molecule has 0 amide bonds. The lowest BCUT2D eigenvalue weighted by Gasteiger charge is -2.26. The third-order valence-corrected chi connectivity index (χ3v) is 4.06. The van der Waals surface area contributed by atoms with Crippen molar-refractivity contribution in [3.63, 3.8) is 0 Å². The van der Waals surface area contributed by atoms with Gasteiger partial charge in [-0.15, -0.1) is 0 Å². The highest BCUT2D eigenvalue weighted by Crippen LogP contribution is 2.28. The van der Waals surface area contributed by atoms with Crippen LogP contribution >= 0.6 is 0 Å². The molecule has 0 spiro atoms. The Hall–Kier alpha value is -1.68. The molecule has 0 radical (unpaired) electrons. The fraction of sp³-hybridized carbons (Fsp3) is 0.467. The molecular formula is C15H20N4. The van der Waals surface area contributed by atoms with Crippen molar-refractivity contribution in [1.82, 2.24) is 19.9 Å². The molecule has 0 aromatic carbocycles. The molecule has 3 heterocycles. The normalized spacial score (nSPS) is 18.4. The van der Waals surface area contributed by atoms with Crippen LogP contribution in [0.15, 0.2) is 37.1 Å². The van der Waals surface area contributed by atoms with Crippen LogP contribution in [-0.2, 0) is 0 Å². The number of nitrogens with zero attached hydrogens (tertiary/aromatic N) is 3. The van der Waals surface area contributed by atoms with Crippen LogP contribution in [-0.4, -0.2) is 27.6 Å². The second-order valence-corrected chi connectivity index (χ2v) is 5.21. The molecule has 1 aliphatic heterocycles. The van der Waals surface area contributed by atoms with Crippen molar-refractivity contribution in [3.05, 3.63) is 48.3 Å². The molecule has 1 N–H and O–H groups in total. The quantitative estimate of drug-likeness (QED) is 0.916. The lowest BCUT2D eigenvalue weighted by molar-refractivity contribution is 0.433. The van der Waals surface area contributed by atoms with Gasteiger partial charge in [-0.05, 0) is 50.6 Å². The molecule has 1 atom stereocenters. The molecule has 4 nitrogen and oxygen atoms in total. The Kier molecular flexibility index (Phi) is 3.60. The van der Waals surface area contributed by atoms with Gasteiger partial charge in [0.05, 0.1) is 12.4 Å². The van der Waals surface area contributed by atoms with Gasteiger partial charge in [0, 0.05) is 30.2 Å². The summed E-state index contributed by atoms with van der Waals surface area (Å²) >= 11 is 0. The Labute approximate surface area is 113 Å². The number of piperidine rings is 1. The summed E-state index contributed by atoms with van der Waals surface area (Å²) in [7, 11) is 0. The van der Waals surface area contributed by atoms with Gasteiger partial charge >= 0.3 is 0 Å². The maximum absolute atomic E-state index is 4.37. The highest BCUT2D eigenvalue weighted by Gasteiger charge is 2.21. The average Bonchev–Trinajstić information content (AvgIpc) is 2.98. The molecule has 1 fully saturated rings. The zero-order valence-electron chi connectivity index (χ0n) is 11.3. The fourth-order valence-corrected chi connectivity index (χ4v) is 2.87. The SMILES string of the molecule is CC(c1ccncc1)n1cncc1C1CCNCC1. The van der Waals surface area contributed by atoms with Gasteiger partial charge in [-0.25, -0.2) is 4.98 Å². The van der Waals surface area contributed by atoms with Crippen LogP contribution in [0.5, 0.6) is 0 Å². The minimum atomic E-state index is 0.315. The molecule has 3 rings (SSSR count). The van der Waals surface area contributed by atoms with E-state index in [-0.39, 0.29) is 0 Å². The van der Waals surface area contributed by atoms with Crippen LogP contribution in [0.25, 0.3) is 0 Å². The van der Waals surface area contributed by atoms with Crippen molar-refractivity contribution in [2.75, 3.05) is 13.1 Å². The number of hydrogen-bond donors (Lipinski definition) is 1. The summed E-state index contributed by atoms with van der Waals surface area (Å²) in [6, 6.07) is 4.48. The van der Waals surface area contributed by atoms with Crippen molar-refractivity contribution < 1.29 is 0 Å². The molecule has 0 bridgehead atoms. The van der Waals surface area contributed by atoms with E-state index < -0.39 is 0 Å². The van der Waals surface area contributed by atoms with Gasteiger partial charge in [-0.3, -0.25) is 4.98 Å². The molecule has 1 unspecified atom stereocenters. The molecule has 19 heavy (non-hydrogen) atoms. The molecule has 0 aliphatic carbocycles. The van der Waals surface area contributed by atoms with E-state index in [4.69, 9.17) is 0 Å². The molecule has 2 aromatic heterocycles. The van der Waals surface area contributed by atoms with Crippen molar-refractivity contribution in [1.29, 1.82) is 0 Å². The van der Waals surface area contributed by atoms with E-state index in [1.165, 1.54) is 24.1 Å². The van der Waals surface area contributed by atoms with Gasteiger partial charge in [0.15, 0.2) is 0 Å². The molecule has 100 valence electrons. The Balaban J connectivity index is 1.87. The predicted octanol–water partition coefficient (Wildman–Crippen LogP) is 2.35. The Morgan fingerprint density at radius 1 is 1.21 bits per heavy atom. The summed E-state index contributed by atoms with van der Waals surface area (Å²) in [6.45, 7) is 4.44. The number of nitrogens with one attached hydrogen (secondary N) is 1. The summed E-state index contributed by atoms with van der Waals surface area (Å²) in [6.07, 6.45) is 10.1. The third-order valence-electron chi connectivity index (χ3n) is 4.06. The standard InChI is InChI=1S/C15H20N4/c1-12(13-2-6-16-7-3-13)19-11-18-10-15(19)14-4-8-17-9-5-14/h2-3,6-7,10-12,14,17H,4-5,8-9H2,1H3. The average molecular weight is 256 g/mol. The second-order valence-electron chi connectivity index (χ2n) is 5.21. The number of rotatable bonds is 3. The number of imidazole rings is 1. The number of pyridine rings is 1. The van der Waals surface area contributed by atoms with E-state index in [2.05, 4.69) is 38.9 Å². The first-order valence-corrected chi connectivity index (χ1v) is 6.98. The van der Waals surface area contributed by atoms with Gasteiger partial charge in [0.25, 0.3) is 0 Å². The Morgan fingerprint density at radius 3 is 2.68 bits per heavy atom. The van der Waals surface area contributed by atoms with E-state index >= 15 is 0 Å². The van der Waals surface area contributed by atoms with Crippen LogP contribution in [0.2, 0.25) is 0 Å². The van der Waals surface area contributed by atoms with E-state index in [1.54, 1.807) is 0 Å². The maximum atomic E-state index is 4.37. The van der Waals surface area contributed by atoms with Gasteiger partial charge in [-0.1, -0.05) is 0 Å². The largest absolute Gasteiger partial charge is 0.327 e. The summed E-state index contributed by atoms with van der Waals surface area (Å²) in [5.41, 5.74) is 2.65. The molecule has 1 aliphatic rings. The maximum Gasteiger partial charge on any atom is 0.0953 e. The van der Waals surface area contributed by atoms with Crippen molar-refractivity contribution >= 4 is 0 Å². The Bertz CT molecular complexity index is 514. The van der Waals surface area contributed by atoms with Crippen LogP contribution in [0.3, 0.4) is 0 Å². The Morgan fingerprint density at radius 2 is 1.95 bits per heavy atom. The monoisotopic (exact) mass is 256 g/mol. The lowest BCUT2D eigenvalue weighted by Crippen LogP contribution is -2.28. The van der Waals surface area contributed by atoms with Crippen LogP contribution in [0.4, 0.5) is 0 Å². The first-order chi connectivity index (χ1) is 9.36. The minimum Gasteiger partial charge on any atom is -0.327 e. The van der Waals surface area contributed by atoms with Crippen LogP contribution < -0.4 is 5.32 Å². The zero-order chi connectivity index (χ0) is 13.1. The molecule has 4 heteroatoms. The highest BCUT2D eigenvalue weighted by molar-refractivity contribution is 5.19. The first-order valence-electron chi connectivity index (χ1n) is 6.98. The predicted molar refractivity (Wildman–Crippen MR) is 75.1 cm³/mol. The summed E-state index contributed by atoms with van der Waals surface area (Å²) in [5, 5.41) is 3.42. The fourth-order valence-electron chi connectivity index (χ4n) is 2.87. The van der Waals surface area contributed by atoms with E-state index in [0.29, 0.717) is 12.0 Å². The van der Waals surface area contributed by atoms with E-state index in [0.717, 1.165) is 13.1 Å². The van der Waals surface area contributed by atoms with Crippen LogP contribution in [0.1, 0.15) is 43.0 Å². The number of hydrogen-bond acceptors (Lipinski definition) is 3. The summed E-state index contributed by atoms with van der Waals surface area (Å²) in [4.78, 5) is 8.46. The molecular weight excluding hydrogens is 236 g/mol. The topological polar surface area (TPSA) is 42.7 Å². The van der Waals surface area contributed by atoms with Crippen molar-refractivity contribution in [3.8, 4) is 0 Å². The summed E-state index contributed by atoms with van der Waals surface area (Å²) in [5.74, 6) is 0.632. The van der Waals surface area contributed by atoms with Gasteiger partial charge in [0.2, 0.25) is 0 Å². The van der Waals surface area contributed by atoms with E-state index in [9.17, 15) is 0 Å². The van der Waals surface area contributed by atoms with E-state index in [1.807, 2.05) is 24.9 Å². The molecule has 1 saturated heterocycles. The summed E-state index contributed by atoms with van der Waals surface area (Å²) < 4.78 is 2.31. The molecule has 2 aromatic rings. The van der Waals surface area contributed by atoms with Crippen molar-refractivity contribution in [2.45, 2.75) is 31.7 Å². The molecule has 0 saturated carbocycles.